The number of rotatable bonds is 4. The number of thiol groups is 1. The second-order valence-electron chi connectivity index (χ2n) is 3.09. The average Bonchev–Trinajstić information content (AvgIpc) is 2.26. The Hall–Kier alpha value is -0.960. The van der Waals surface area contributed by atoms with Gasteiger partial charge in [-0.1, -0.05) is 30.3 Å². The van der Waals surface area contributed by atoms with Crippen molar-refractivity contribution < 1.29 is 9.53 Å². The molecular weight excluding hydrogens is 196 g/mol. The van der Waals surface area contributed by atoms with Crippen molar-refractivity contribution in [3.05, 3.63) is 35.9 Å². The van der Waals surface area contributed by atoms with E-state index < -0.39 is 0 Å². The minimum Gasteiger partial charge on any atom is -0.469 e. The minimum absolute atomic E-state index is 0.147. The van der Waals surface area contributed by atoms with Crippen LogP contribution in [0.1, 0.15) is 5.56 Å². The number of benzene rings is 1. The number of hydrogen-bond acceptors (Lipinski definition) is 3. The highest BCUT2D eigenvalue weighted by Gasteiger charge is 2.17. The number of ether oxygens (including phenoxy) is 1. The molecule has 0 N–H and O–H groups in total. The second-order valence-corrected chi connectivity index (χ2v) is 3.46. The lowest BCUT2D eigenvalue weighted by atomic mass is 10.0. The molecule has 1 rings (SSSR count). The van der Waals surface area contributed by atoms with E-state index in [4.69, 9.17) is 0 Å². The van der Waals surface area contributed by atoms with Crippen molar-refractivity contribution in [2.45, 2.75) is 6.42 Å². The van der Waals surface area contributed by atoms with E-state index in [9.17, 15) is 4.79 Å². The summed E-state index contributed by atoms with van der Waals surface area (Å²) in [5.41, 5.74) is 1.14. The summed E-state index contributed by atoms with van der Waals surface area (Å²) in [6.45, 7) is 0. The molecule has 0 amide bonds. The summed E-state index contributed by atoms with van der Waals surface area (Å²) in [5.74, 6) is 0.177. The Morgan fingerprint density at radius 2 is 2.07 bits per heavy atom. The predicted octanol–water partition coefficient (Wildman–Crippen LogP) is 1.95. The zero-order chi connectivity index (χ0) is 10.4. The molecule has 0 spiro atoms. The molecule has 0 saturated heterocycles. The topological polar surface area (TPSA) is 26.3 Å². The molecular formula is C11H14O2S. The van der Waals surface area contributed by atoms with Crippen molar-refractivity contribution in [2.75, 3.05) is 12.9 Å². The van der Waals surface area contributed by atoms with Crippen LogP contribution in [-0.2, 0) is 16.0 Å². The highest BCUT2D eigenvalue weighted by molar-refractivity contribution is 7.80. The maximum Gasteiger partial charge on any atom is 0.309 e. The number of carbonyl (C=O) groups excluding carboxylic acids is 1. The molecule has 0 saturated carbocycles. The lowest BCUT2D eigenvalue weighted by Gasteiger charge is -2.11. The van der Waals surface area contributed by atoms with Gasteiger partial charge in [0.25, 0.3) is 0 Å². The first-order valence-electron chi connectivity index (χ1n) is 4.50. The number of esters is 1. The predicted molar refractivity (Wildman–Crippen MR) is 59.5 cm³/mol. The molecule has 0 aliphatic carbocycles. The third kappa shape index (κ3) is 3.07. The van der Waals surface area contributed by atoms with E-state index in [1.807, 2.05) is 30.3 Å². The Morgan fingerprint density at radius 3 is 2.57 bits per heavy atom. The van der Waals surface area contributed by atoms with Gasteiger partial charge in [0, 0.05) is 5.75 Å². The summed E-state index contributed by atoms with van der Waals surface area (Å²) >= 11 is 4.14. The van der Waals surface area contributed by atoms with E-state index in [1.165, 1.54) is 7.11 Å². The van der Waals surface area contributed by atoms with Crippen LogP contribution in [0, 0.1) is 5.92 Å². The van der Waals surface area contributed by atoms with Gasteiger partial charge in [-0.3, -0.25) is 4.79 Å². The first-order chi connectivity index (χ1) is 6.77. The van der Waals surface area contributed by atoms with Crippen LogP contribution < -0.4 is 0 Å². The first kappa shape index (κ1) is 11.1. The number of carbonyl (C=O) groups is 1. The molecule has 0 aliphatic rings. The van der Waals surface area contributed by atoms with E-state index >= 15 is 0 Å². The smallest absolute Gasteiger partial charge is 0.309 e. The van der Waals surface area contributed by atoms with E-state index in [2.05, 4.69) is 17.4 Å². The van der Waals surface area contributed by atoms with Crippen LogP contribution in [0.15, 0.2) is 30.3 Å². The molecule has 0 radical (unpaired) electrons. The highest BCUT2D eigenvalue weighted by atomic mass is 32.1. The third-order valence-corrected chi connectivity index (χ3v) is 2.52. The molecule has 1 aromatic rings. The van der Waals surface area contributed by atoms with Crippen molar-refractivity contribution in [3.8, 4) is 0 Å². The van der Waals surface area contributed by atoms with Gasteiger partial charge in [0.05, 0.1) is 13.0 Å². The lowest BCUT2D eigenvalue weighted by molar-refractivity contribution is -0.144. The standard InChI is InChI=1S/C11H14O2S/c1-13-11(12)10(8-14)7-9-5-3-2-4-6-9/h2-6,10,14H,7-8H2,1H3. The highest BCUT2D eigenvalue weighted by Crippen LogP contribution is 2.11. The Morgan fingerprint density at radius 1 is 1.43 bits per heavy atom. The summed E-state index contributed by atoms with van der Waals surface area (Å²) in [7, 11) is 1.41. The van der Waals surface area contributed by atoms with E-state index in [1.54, 1.807) is 0 Å². The molecule has 0 heterocycles. The van der Waals surface area contributed by atoms with Crippen LogP contribution in [0.2, 0.25) is 0 Å². The molecule has 0 fully saturated rings. The Kier molecular flexibility index (Phi) is 4.53. The third-order valence-electron chi connectivity index (χ3n) is 2.08. The molecule has 0 aromatic heterocycles. The Labute approximate surface area is 89.7 Å². The summed E-state index contributed by atoms with van der Waals surface area (Å²) in [6.07, 6.45) is 0.691. The van der Waals surface area contributed by atoms with E-state index in [0.29, 0.717) is 12.2 Å². The van der Waals surface area contributed by atoms with Gasteiger partial charge in [-0.05, 0) is 12.0 Å². The van der Waals surface area contributed by atoms with Gasteiger partial charge >= 0.3 is 5.97 Å². The summed E-state index contributed by atoms with van der Waals surface area (Å²) in [6, 6.07) is 9.88. The fraction of sp³-hybridized carbons (Fsp3) is 0.364. The Bertz CT molecular complexity index is 285. The van der Waals surface area contributed by atoms with Gasteiger partial charge in [-0.15, -0.1) is 0 Å². The minimum atomic E-state index is -0.191. The maximum absolute atomic E-state index is 11.3. The van der Waals surface area contributed by atoms with Crippen LogP contribution in [0.3, 0.4) is 0 Å². The average molecular weight is 210 g/mol. The SMILES string of the molecule is COC(=O)C(CS)Cc1ccccc1. The summed E-state index contributed by atoms with van der Waals surface area (Å²) in [5, 5.41) is 0. The fourth-order valence-corrected chi connectivity index (χ4v) is 1.57. The maximum atomic E-state index is 11.3. The molecule has 3 heteroatoms. The molecule has 14 heavy (non-hydrogen) atoms. The summed E-state index contributed by atoms with van der Waals surface area (Å²) < 4.78 is 4.69. The summed E-state index contributed by atoms with van der Waals surface area (Å²) in [4.78, 5) is 11.3. The van der Waals surface area contributed by atoms with Gasteiger partial charge in [-0.2, -0.15) is 12.6 Å². The zero-order valence-corrected chi connectivity index (χ0v) is 9.04. The fourth-order valence-electron chi connectivity index (χ4n) is 1.29. The van der Waals surface area contributed by atoms with Crippen molar-refractivity contribution in [3.63, 3.8) is 0 Å². The van der Waals surface area contributed by atoms with Crippen molar-refractivity contribution >= 4 is 18.6 Å². The number of hydrogen-bond donors (Lipinski definition) is 1. The van der Waals surface area contributed by atoms with Gasteiger partial charge < -0.3 is 4.74 Å². The molecule has 0 aliphatic heterocycles. The van der Waals surface area contributed by atoms with Crippen molar-refractivity contribution in [1.82, 2.24) is 0 Å². The van der Waals surface area contributed by atoms with Crippen molar-refractivity contribution in [2.24, 2.45) is 5.92 Å². The molecule has 1 aromatic carbocycles. The lowest BCUT2D eigenvalue weighted by Crippen LogP contribution is -2.20. The van der Waals surface area contributed by atoms with Gasteiger partial charge in [0.15, 0.2) is 0 Å². The van der Waals surface area contributed by atoms with Crippen LogP contribution in [0.5, 0.6) is 0 Å². The normalized spacial score (nSPS) is 12.1. The van der Waals surface area contributed by atoms with E-state index in [0.717, 1.165) is 5.56 Å². The molecule has 1 unspecified atom stereocenters. The number of methoxy groups -OCH3 is 1. The van der Waals surface area contributed by atoms with Gasteiger partial charge in [-0.25, -0.2) is 0 Å². The van der Waals surface area contributed by atoms with Gasteiger partial charge in [0.1, 0.15) is 0 Å². The van der Waals surface area contributed by atoms with E-state index in [-0.39, 0.29) is 11.9 Å². The largest absolute Gasteiger partial charge is 0.469 e. The van der Waals surface area contributed by atoms with Crippen molar-refractivity contribution in [1.29, 1.82) is 0 Å². The van der Waals surface area contributed by atoms with Crippen LogP contribution in [0.4, 0.5) is 0 Å². The first-order valence-corrected chi connectivity index (χ1v) is 5.13. The van der Waals surface area contributed by atoms with Gasteiger partial charge in [0.2, 0.25) is 0 Å². The van der Waals surface area contributed by atoms with Crippen LogP contribution in [-0.4, -0.2) is 18.8 Å². The Balaban J connectivity index is 2.62. The molecule has 0 bridgehead atoms. The van der Waals surface area contributed by atoms with Crippen LogP contribution >= 0.6 is 12.6 Å². The molecule has 1 atom stereocenters. The second kappa shape index (κ2) is 5.70. The molecule has 2 nitrogen and oxygen atoms in total. The quantitative estimate of drug-likeness (QED) is 0.607. The zero-order valence-electron chi connectivity index (χ0n) is 8.14. The van der Waals surface area contributed by atoms with Crippen LogP contribution in [0.25, 0.3) is 0 Å². The monoisotopic (exact) mass is 210 g/mol. The molecule has 76 valence electrons.